The molecule has 2 heteroatoms. The number of benzene rings is 1. The molecule has 0 aliphatic carbocycles. The Labute approximate surface area is 112 Å². The van der Waals surface area contributed by atoms with Crippen LogP contribution in [0.2, 0.25) is 0 Å². The van der Waals surface area contributed by atoms with Gasteiger partial charge in [-0.25, -0.2) is 0 Å². The second-order valence-corrected chi connectivity index (χ2v) is 5.72. The summed E-state index contributed by atoms with van der Waals surface area (Å²) in [6.45, 7) is 2.09. The molecule has 0 fully saturated rings. The van der Waals surface area contributed by atoms with Gasteiger partial charge in [-0.1, -0.05) is 36.4 Å². The first-order chi connectivity index (χ1) is 8.74. The summed E-state index contributed by atoms with van der Waals surface area (Å²) >= 11 is 1.75. The monoisotopic (exact) mass is 258 g/mol. The molecular formula is C16H18OS. The van der Waals surface area contributed by atoms with E-state index in [4.69, 9.17) is 0 Å². The third kappa shape index (κ3) is 4.13. The molecule has 2 aromatic rings. The molecule has 0 spiro atoms. The Morgan fingerprint density at radius 2 is 1.94 bits per heavy atom. The van der Waals surface area contributed by atoms with Crippen LogP contribution in [0.3, 0.4) is 0 Å². The zero-order valence-corrected chi connectivity index (χ0v) is 11.4. The van der Waals surface area contributed by atoms with Gasteiger partial charge in [0.2, 0.25) is 0 Å². The summed E-state index contributed by atoms with van der Waals surface area (Å²) in [4.78, 5) is 2.50. The van der Waals surface area contributed by atoms with Crippen LogP contribution in [-0.2, 0) is 6.42 Å². The van der Waals surface area contributed by atoms with Crippen molar-refractivity contribution in [1.29, 1.82) is 0 Å². The highest BCUT2D eigenvalue weighted by Gasteiger charge is 2.00. The molecule has 18 heavy (non-hydrogen) atoms. The van der Waals surface area contributed by atoms with Crippen LogP contribution in [0.15, 0.2) is 48.5 Å². The lowest BCUT2D eigenvalue weighted by Gasteiger charge is -2.05. The van der Waals surface area contributed by atoms with Crippen molar-refractivity contribution >= 4 is 17.4 Å². The molecule has 0 aliphatic heterocycles. The van der Waals surface area contributed by atoms with Gasteiger partial charge in [-0.15, -0.1) is 11.3 Å². The first kappa shape index (κ1) is 13.1. The Morgan fingerprint density at radius 1 is 1.17 bits per heavy atom. The third-order valence-corrected chi connectivity index (χ3v) is 3.78. The van der Waals surface area contributed by atoms with Crippen LogP contribution < -0.4 is 0 Å². The maximum absolute atomic E-state index is 9.90. The minimum absolute atomic E-state index is 0.368. The van der Waals surface area contributed by atoms with Gasteiger partial charge in [0.25, 0.3) is 0 Å². The van der Waals surface area contributed by atoms with Gasteiger partial charge in [-0.3, -0.25) is 0 Å². The fraction of sp³-hybridized carbons (Fsp3) is 0.250. The SMILES string of the molecule is Cc1ccc(/C=C/C(O)CCc2ccccc2)s1. The number of aliphatic hydroxyl groups excluding tert-OH is 1. The van der Waals surface area contributed by atoms with Gasteiger partial charge in [-0.05, 0) is 43.5 Å². The van der Waals surface area contributed by atoms with Crippen LogP contribution in [0.1, 0.15) is 21.7 Å². The van der Waals surface area contributed by atoms with Crippen molar-refractivity contribution in [2.75, 3.05) is 0 Å². The summed E-state index contributed by atoms with van der Waals surface area (Å²) in [5, 5.41) is 9.90. The Hall–Kier alpha value is -1.38. The van der Waals surface area contributed by atoms with Gasteiger partial charge >= 0.3 is 0 Å². The van der Waals surface area contributed by atoms with E-state index in [2.05, 4.69) is 31.2 Å². The quantitative estimate of drug-likeness (QED) is 0.857. The standard InChI is InChI=1S/C16H18OS/c1-13-7-11-16(18-13)12-10-15(17)9-8-14-5-3-2-4-6-14/h2-7,10-12,15,17H,8-9H2,1H3/b12-10+. The second kappa shape index (κ2) is 6.53. The van der Waals surface area contributed by atoms with Crippen LogP contribution >= 0.6 is 11.3 Å². The summed E-state index contributed by atoms with van der Waals surface area (Å²) in [5.41, 5.74) is 1.27. The highest BCUT2D eigenvalue weighted by molar-refractivity contribution is 7.12. The smallest absolute Gasteiger partial charge is 0.0727 e. The summed E-state index contributed by atoms with van der Waals surface area (Å²) in [6.07, 6.45) is 5.20. The minimum Gasteiger partial charge on any atom is -0.389 e. The largest absolute Gasteiger partial charge is 0.389 e. The number of hydrogen-bond acceptors (Lipinski definition) is 2. The number of hydrogen-bond donors (Lipinski definition) is 1. The Kier molecular flexibility index (Phi) is 4.73. The third-order valence-electron chi connectivity index (χ3n) is 2.82. The lowest BCUT2D eigenvalue weighted by molar-refractivity contribution is 0.214. The molecule has 0 aliphatic rings. The molecule has 0 amide bonds. The normalized spacial score (nSPS) is 13.0. The van der Waals surface area contributed by atoms with Crippen molar-refractivity contribution < 1.29 is 5.11 Å². The molecule has 1 N–H and O–H groups in total. The number of aryl methyl sites for hydroxylation is 2. The molecule has 1 aromatic heterocycles. The predicted octanol–water partition coefficient (Wildman–Crippen LogP) is 4.06. The Bertz CT molecular complexity index is 499. The molecule has 1 atom stereocenters. The zero-order chi connectivity index (χ0) is 12.8. The molecule has 1 heterocycles. The van der Waals surface area contributed by atoms with Crippen LogP contribution in [0, 0.1) is 6.92 Å². The van der Waals surface area contributed by atoms with Crippen molar-refractivity contribution in [1.82, 2.24) is 0 Å². The van der Waals surface area contributed by atoms with E-state index in [0.29, 0.717) is 0 Å². The van der Waals surface area contributed by atoms with E-state index in [1.54, 1.807) is 11.3 Å². The Balaban J connectivity index is 1.82. The zero-order valence-electron chi connectivity index (χ0n) is 10.5. The van der Waals surface area contributed by atoms with E-state index in [1.807, 2.05) is 30.4 Å². The summed E-state index contributed by atoms with van der Waals surface area (Å²) < 4.78 is 0. The molecule has 0 radical (unpaired) electrons. The van der Waals surface area contributed by atoms with Crippen molar-refractivity contribution in [3.8, 4) is 0 Å². The molecule has 94 valence electrons. The maximum atomic E-state index is 9.90. The highest BCUT2D eigenvalue weighted by atomic mass is 32.1. The maximum Gasteiger partial charge on any atom is 0.0727 e. The molecule has 0 saturated carbocycles. The topological polar surface area (TPSA) is 20.2 Å². The average Bonchev–Trinajstić information content (AvgIpc) is 2.81. The second-order valence-electron chi connectivity index (χ2n) is 4.40. The van der Waals surface area contributed by atoms with E-state index >= 15 is 0 Å². The number of thiophene rings is 1. The van der Waals surface area contributed by atoms with E-state index in [-0.39, 0.29) is 6.10 Å². The summed E-state index contributed by atoms with van der Waals surface area (Å²) in [6, 6.07) is 14.5. The Morgan fingerprint density at radius 3 is 2.61 bits per heavy atom. The van der Waals surface area contributed by atoms with Crippen LogP contribution in [0.5, 0.6) is 0 Å². The van der Waals surface area contributed by atoms with Gasteiger partial charge in [0.15, 0.2) is 0 Å². The van der Waals surface area contributed by atoms with Gasteiger partial charge in [0, 0.05) is 9.75 Å². The van der Waals surface area contributed by atoms with Crippen LogP contribution in [0.4, 0.5) is 0 Å². The molecule has 2 rings (SSSR count). The lowest BCUT2D eigenvalue weighted by atomic mass is 10.1. The summed E-state index contributed by atoms with van der Waals surface area (Å²) in [7, 11) is 0. The minimum atomic E-state index is -0.368. The van der Waals surface area contributed by atoms with Gasteiger partial charge in [-0.2, -0.15) is 0 Å². The number of aliphatic hydroxyl groups is 1. The van der Waals surface area contributed by atoms with Crippen LogP contribution in [-0.4, -0.2) is 11.2 Å². The fourth-order valence-corrected chi connectivity index (χ4v) is 2.59. The van der Waals surface area contributed by atoms with Crippen molar-refractivity contribution in [2.45, 2.75) is 25.9 Å². The molecule has 0 saturated heterocycles. The van der Waals surface area contributed by atoms with Crippen molar-refractivity contribution in [3.63, 3.8) is 0 Å². The first-order valence-corrected chi connectivity index (χ1v) is 7.02. The van der Waals surface area contributed by atoms with Gasteiger partial charge in [0.05, 0.1) is 6.10 Å². The molecule has 0 bridgehead atoms. The average molecular weight is 258 g/mol. The fourth-order valence-electron chi connectivity index (χ4n) is 1.80. The van der Waals surface area contributed by atoms with E-state index < -0.39 is 0 Å². The molecule has 1 aromatic carbocycles. The predicted molar refractivity (Wildman–Crippen MR) is 78.9 cm³/mol. The van der Waals surface area contributed by atoms with E-state index in [0.717, 1.165) is 12.8 Å². The highest BCUT2D eigenvalue weighted by Crippen LogP contribution is 2.17. The summed E-state index contributed by atoms with van der Waals surface area (Å²) in [5.74, 6) is 0. The molecular weight excluding hydrogens is 240 g/mol. The lowest BCUT2D eigenvalue weighted by Crippen LogP contribution is -2.03. The first-order valence-electron chi connectivity index (χ1n) is 6.20. The van der Waals surface area contributed by atoms with Gasteiger partial charge in [0.1, 0.15) is 0 Å². The van der Waals surface area contributed by atoms with Crippen molar-refractivity contribution in [3.05, 3.63) is 63.9 Å². The van der Waals surface area contributed by atoms with Crippen LogP contribution in [0.25, 0.3) is 6.08 Å². The molecule has 1 unspecified atom stereocenters. The number of rotatable bonds is 5. The van der Waals surface area contributed by atoms with E-state index in [1.165, 1.54) is 15.3 Å². The van der Waals surface area contributed by atoms with Gasteiger partial charge < -0.3 is 5.11 Å². The van der Waals surface area contributed by atoms with E-state index in [9.17, 15) is 5.11 Å². The molecule has 1 nitrogen and oxygen atoms in total. The van der Waals surface area contributed by atoms with Crippen molar-refractivity contribution in [2.24, 2.45) is 0 Å².